The number of carboxylic acids is 1. The summed E-state index contributed by atoms with van der Waals surface area (Å²) in [5.41, 5.74) is 6.21. The zero-order valence-electron chi connectivity index (χ0n) is 8.34. The normalized spacial score (nSPS) is 12.6. The summed E-state index contributed by atoms with van der Waals surface area (Å²) in [5, 5.41) is 8.79. The molecule has 0 aliphatic heterocycles. The minimum Gasteiger partial charge on any atom is -0.478 e. The van der Waals surface area contributed by atoms with Crippen LogP contribution in [0.5, 0.6) is 0 Å². The lowest BCUT2D eigenvalue weighted by molar-refractivity contribution is -0.132. The Morgan fingerprint density at radius 1 is 1.40 bits per heavy atom. The SMILES string of the molecule is CC=C(C(=O)O)C(N)=Nc1ccccc1. The third-order valence-electron chi connectivity index (χ3n) is 1.80. The van der Waals surface area contributed by atoms with Crippen molar-refractivity contribution in [3.05, 3.63) is 42.0 Å². The second-order valence-corrected chi connectivity index (χ2v) is 2.84. The molecule has 78 valence electrons. The van der Waals surface area contributed by atoms with Crippen LogP contribution >= 0.6 is 0 Å². The highest BCUT2D eigenvalue weighted by atomic mass is 16.4. The van der Waals surface area contributed by atoms with Crippen molar-refractivity contribution in [2.45, 2.75) is 6.92 Å². The van der Waals surface area contributed by atoms with Crippen molar-refractivity contribution in [2.75, 3.05) is 0 Å². The first-order valence-electron chi connectivity index (χ1n) is 4.44. The van der Waals surface area contributed by atoms with Gasteiger partial charge in [-0.05, 0) is 19.1 Å². The van der Waals surface area contributed by atoms with Gasteiger partial charge >= 0.3 is 5.97 Å². The Bertz CT molecular complexity index is 408. The Morgan fingerprint density at radius 3 is 2.47 bits per heavy atom. The van der Waals surface area contributed by atoms with E-state index in [1.807, 2.05) is 18.2 Å². The lowest BCUT2D eigenvalue weighted by Crippen LogP contribution is -2.20. The van der Waals surface area contributed by atoms with Gasteiger partial charge in [-0.3, -0.25) is 0 Å². The van der Waals surface area contributed by atoms with E-state index in [1.54, 1.807) is 19.1 Å². The first-order chi connectivity index (χ1) is 7.15. The van der Waals surface area contributed by atoms with Crippen LogP contribution in [-0.2, 0) is 4.79 Å². The van der Waals surface area contributed by atoms with E-state index < -0.39 is 5.97 Å². The van der Waals surface area contributed by atoms with Gasteiger partial charge in [-0.15, -0.1) is 0 Å². The topological polar surface area (TPSA) is 75.7 Å². The molecule has 0 saturated heterocycles. The van der Waals surface area contributed by atoms with Crippen LogP contribution in [0.25, 0.3) is 0 Å². The van der Waals surface area contributed by atoms with E-state index in [4.69, 9.17) is 10.8 Å². The molecule has 1 aromatic carbocycles. The van der Waals surface area contributed by atoms with Crippen LogP contribution in [0.4, 0.5) is 5.69 Å². The van der Waals surface area contributed by atoms with Gasteiger partial charge in [-0.1, -0.05) is 24.3 Å². The van der Waals surface area contributed by atoms with Crippen molar-refractivity contribution in [1.29, 1.82) is 0 Å². The number of aliphatic carboxylic acids is 1. The minimum absolute atomic E-state index is 0.0104. The highest BCUT2D eigenvalue weighted by Gasteiger charge is 2.09. The molecular formula is C11H12N2O2. The van der Waals surface area contributed by atoms with Crippen molar-refractivity contribution in [2.24, 2.45) is 10.7 Å². The van der Waals surface area contributed by atoms with E-state index in [2.05, 4.69) is 4.99 Å². The van der Waals surface area contributed by atoms with Gasteiger partial charge in [-0.2, -0.15) is 0 Å². The first-order valence-corrected chi connectivity index (χ1v) is 4.44. The van der Waals surface area contributed by atoms with Crippen molar-refractivity contribution in [3.8, 4) is 0 Å². The summed E-state index contributed by atoms with van der Waals surface area (Å²) in [5.74, 6) is -1.06. The van der Waals surface area contributed by atoms with E-state index in [0.29, 0.717) is 5.69 Å². The zero-order valence-corrected chi connectivity index (χ0v) is 8.34. The Kier molecular flexibility index (Phi) is 3.62. The van der Waals surface area contributed by atoms with Gasteiger partial charge in [0.05, 0.1) is 11.3 Å². The molecule has 0 radical (unpaired) electrons. The Balaban J connectivity index is 2.99. The quantitative estimate of drug-likeness (QED) is 0.447. The molecule has 0 fully saturated rings. The van der Waals surface area contributed by atoms with E-state index in [9.17, 15) is 4.79 Å². The van der Waals surface area contributed by atoms with Crippen LogP contribution < -0.4 is 5.73 Å². The molecule has 4 heteroatoms. The van der Waals surface area contributed by atoms with Gasteiger partial charge in [0.15, 0.2) is 0 Å². The molecule has 0 saturated carbocycles. The average Bonchev–Trinajstić information content (AvgIpc) is 2.19. The summed E-state index contributed by atoms with van der Waals surface area (Å²) >= 11 is 0. The third-order valence-corrected chi connectivity index (χ3v) is 1.80. The Morgan fingerprint density at radius 2 is 2.00 bits per heavy atom. The molecule has 0 spiro atoms. The Hall–Kier alpha value is -2.10. The van der Waals surface area contributed by atoms with Crippen molar-refractivity contribution < 1.29 is 9.90 Å². The van der Waals surface area contributed by atoms with Gasteiger partial charge in [0.1, 0.15) is 5.84 Å². The molecular weight excluding hydrogens is 192 g/mol. The molecule has 0 aromatic heterocycles. The molecule has 4 nitrogen and oxygen atoms in total. The van der Waals surface area contributed by atoms with E-state index in [0.717, 1.165) is 0 Å². The number of hydrogen-bond donors (Lipinski definition) is 2. The van der Waals surface area contributed by atoms with E-state index in [-0.39, 0.29) is 11.4 Å². The molecule has 0 heterocycles. The highest BCUT2D eigenvalue weighted by molar-refractivity contribution is 6.18. The van der Waals surface area contributed by atoms with Crippen LogP contribution in [0.15, 0.2) is 47.0 Å². The molecule has 3 N–H and O–H groups in total. The molecule has 0 bridgehead atoms. The molecule has 0 unspecified atom stereocenters. The van der Waals surface area contributed by atoms with Gasteiger partial charge < -0.3 is 10.8 Å². The minimum atomic E-state index is -1.07. The number of nitrogens with two attached hydrogens (primary N) is 1. The lowest BCUT2D eigenvalue weighted by Gasteiger charge is -2.00. The lowest BCUT2D eigenvalue weighted by atomic mass is 10.2. The predicted molar refractivity (Wildman–Crippen MR) is 59.1 cm³/mol. The number of para-hydroxylation sites is 1. The largest absolute Gasteiger partial charge is 0.478 e. The summed E-state index contributed by atoms with van der Waals surface area (Å²) < 4.78 is 0. The summed E-state index contributed by atoms with van der Waals surface area (Å²) in [6.45, 7) is 1.61. The molecule has 15 heavy (non-hydrogen) atoms. The number of rotatable bonds is 3. The van der Waals surface area contributed by atoms with Gasteiger partial charge in [0.2, 0.25) is 0 Å². The monoisotopic (exact) mass is 204 g/mol. The number of nitrogens with zero attached hydrogens (tertiary/aromatic N) is 1. The molecule has 0 aliphatic rings. The number of amidine groups is 1. The van der Waals surface area contributed by atoms with Crippen LogP contribution in [0.3, 0.4) is 0 Å². The molecule has 0 aliphatic carbocycles. The fourth-order valence-corrected chi connectivity index (χ4v) is 1.08. The average molecular weight is 204 g/mol. The van der Waals surface area contributed by atoms with Crippen molar-refractivity contribution >= 4 is 17.5 Å². The number of carboxylic acid groups (broad SMARTS) is 1. The predicted octanol–water partition coefficient (Wildman–Crippen LogP) is 1.71. The molecule has 0 atom stereocenters. The summed E-state index contributed by atoms with van der Waals surface area (Å²) in [6.07, 6.45) is 1.42. The molecule has 0 amide bonds. The van der Waals surface area contributed by atoms with Gasteiger partial charge in [0.25, 0.3) is 0 Å². The van der Waals surface area contributed by atoms with Crippen LogP contribution in [-0.4, -0.2) is 16.9 Å². The maximum atomic E-state index is 10.7. The number of benzene rings is 1. The second-order valence-electron chi connectivity index (χ2n) is 2.84. The maximum Gasteiger partial charge on any atom is 0.339 e. The fourth-order valence-electron chi connectivity index (χ4n) is 1.08. The third kappa shape index (κ3) is 2.95. The summed E-state index contributed by atoms with van der Waals surface area (Å²) in [7, 11) is 0. The first kappa shape index (κ1) is 11.0. The molecule has 1 rings (SSSR count). The van der Waals surface area contributed by atoms with Gasteiger partial charge in [-0.25, -0.2) is 9.79 Å². The van der Waals surface area contributed by atoms with Crippen molar-refractivity contribution in [1.82, 2.24) is 0 Å². The van der Waals surface area contributed by atoms with E-state index >= 15 is 0 Å². The van der Waals surface area contributed by atoms with Gasteiger partial charge in [0, 0.05) is 0 Å². The Labute approximate surface area is 87.8 Å². The number of allylic oxidation sites excluding steroid dienone is 1. The van der Waals surface area contributed by atoms with E-state index in [1.165, 1.54) is 6.08 Å². The van der Waals surface area contributed by atoms with Crippen molar-refractivity contribution in [3.63, 3.8) is 0 Å². The van der Waals surface area contributed by atoms with Crippen LogP contribution in [0, 0.1) is 0 Å². The maximum absolute atomic E-state index is 10.7. The fraction of sp³-hybridized carbons (Fsp3) is 0.0909. The standard InChI is InChI=1S/C11H12N2O2/c1-2-9(11(14)15)10(12)13-8-6-4-3-5-7-8/h2-7H,1H3,(H2,12,13)(H,14,15). The number of hydrogen-bond acceptors (Lipinski definition) is 2. The number of aliphatic imine (C=N–C) groups is 1. The zero-order chi connectivity index (χ0) is 11.3. The number of carbonyl (C=O) groups is 1. The summed E-state index contributed by atoms with van der Waals surface area (Å²) in [6, 6.07) is 8.97. The summed E-state index contributed by atoms with van der Waals surface area (Å²) in [4.78, 5) is 14.7. The second kappa shape index (κ2) is 4.95. The van der Waals surface area contributed by atoms with Crippen LogP contribution in [0.2, 0.25) is 0 Å². The molecule has 1 aromatic rings. The smallest absolute Gasteiger partial charge is 0.339 e. The highest BCUT2D eigenvalue weighted by Crippen LogP contribution is 2.11. The van der Waals surface area contributed by atoms with Crippen LogP contribution in [0.1, 0.15) is 6.92 Å².